The van der Waals surface area contributed by atoms with Gasteiger partial charge < -0.3 is 0 Å². The first kappa shape index (κ1) is 13.5. The van der Waals surface area contributed by atoms with Crippen LogP contribution >= 0.6 is 11.6 Å². The highest BCUT2D eigenvalue weighted by Crippen LogP contribution is 2.16. The van der Waals surface area contributed by atoms with Crippen molar-refractivity contribution in [3.63, 3.8) is 0 Å². The van der Waals surface area contributed by atoms with E-state index in [1.54, 1.807) is 24.3 Å². The van der Waals surface area contributed by atoms with Gasteiger partial charge in [0.25, 0.3) is 0 Å². The molecule has 0 radical (unpaired) electrons. The summed E-state index contributed by atoms with van der Waals surface area (Å²) in [6, 6.07) is 6.36. The zero-order chi connectivity index (χ0) is 12.0. The summed E-state index contributed by atoms with van der Waals surface area (Å²) in [6.07, 6.45) is 3.92. The molecule has 0 saturated heterocycles. The van der Waals surface area contributed by atoms with Crippen molar-refractivity contribution in [2.75, 3.05) is 5.75 Å². The van der Waals surface area contributed by atoms with E-state index >= 15 is 0 Å². The molecule has 0 unspecified atom stereocenters. The van der Waals surface area contributed by atoms with Gasteiger partial charge in [0.2, 0.25) is 0 Å². The smallest absolute Gasteiger partial charge is 0.178 e. The Morgan fingerprint density at radius 3 is 2.25 bits per heavy atom. The SMILES string of the molecule is CCCCCCS(=O)(=O)c1ccc(Cl)cc1. The van der Waals surface area contributed by atoms with E-state index < -0.39 is 9.84 Å². The van der Waals surface area contributed by atoms with Crippen molar-refractivity contribution in [3.8, 4) is 0 Å². The van der Waals surface area contributed by atoms with Gasteiger partial charge in [-0.15, -0.1) is 0 Å². The van der Waals surface area contributed by atoms with Crippen LogP contribution in [0.15, 0.2) is 29.2 Å². The van der Waals surface area contributed by atoms with E-state index in [1.807, 2.05) is 0 Å². The van der Waals surface area contributed by atoms with Gasteiger partial charge in [-0.2, -0.15) is 0 Å². The first-order valence-electron chi connectivity index (χ1n) is 5.54. The largest absolute Gasteiger partial charge is 0.224 e. The maximum Gasteiger partial charge on any atom is 0.178 e. The Hall–Kier alpha value is -0.540. The molecule has 0 heterocycles. The lowest BCUT2D eigenvalue weighted by molar-refractivity contribution is 0.589. The molecule has 90 valence electrons. The second kappa shape index (κ2) is 6.26. The van der Waals surface area contributed by atoms with E-state index in [-0.39, 0.29) is 5.75 Å². The molecule has 1 aromatic rings. The van der Waals surface area contributed by atoms with E-state index in [9.17, 15) is 8.42 Å². The first-order chi connectivity index (χ1) is 7.56. The highest BCUT2D eigenvalue weighted by atomic mass is 35.5. The second-order valence-electron chi connectivity index (χ2n) is 3.83. The van der Waals surface area contributed by atoms with Crippen molar-refractivity contribution in [2.45, 2.75) is 37.5 Å². The summed E-state index contributed by atoms with van der Waals surface area (Å²) in [6.45, 7) is 2.10. The van der Waals surface area contributed by atoms with Crippen LogP contribution in [0.1, 0.15) is 32.6 Å². The van der Waals surface area contributed by atoms with Crippen molar-refractivity contribution in [1.29, 1.82) is 0 Å². The van der Waals surface area contributed by atoms with E-state index in [0.717, 1.165) is 25.7 Å². The second-order valence-corrected chi connectivity index (χ2v) is 6.38. The minimum Gasteiger partial charge on any atom is -0.224 e. The van der Waals surface area contributed by atoms with Gasteiger partial charge >= 0.3 is 0 Å². The third-order valence-electron chi connectivity index (χ3n) is 2.44. The van der Waals surface area contributed by atoms with Crippen LogP contribution < -0.4 is 0 Å². The van der Waals surface area contributed by atoms with E-state index in [2.05, 4.69) is 6.92 Å². The van der Waals surface area contributed by atoms with Crippen molar-refractivity contribution >= 4 is 21.4 Å². The first-order valence-corrected chi connectivity index (χ1v) is 7.57. The fraction of sp³-hybridized carbons (Fsp3) is 0.500. The molecule has 0 aliphatic heterocycles. The van der Waals surface area contributed by atoms with Crippen LogP contribution in [0, 0.1) is 0 Å². The van der Waals surface area contributed by atoms with Gasteiger partial charge in [0.05, 0.1) is 10.6 Å². The Balaban J connectivity index is 2.60. The third-order valence-corrected chi connectivity index (χ3v) is 4.51. The molecule has 0 spiro atoms. The molecular weight excluding hydrogens is 244 g/mol. The number of sulfone groups is 1. The molecule has 1 rings (SSSR count). The maximum absolute atomic E-state index is 11.9. The lowest BCUT2D eigenvalue weighted by Crippen LogP contribution is -2.06. The van der Waals surface area contributed by atoms with Gasteiger partial charge in [-0.25, -0.2) is 8.42 Å². The molecule has 0 aromatic heterocycles. The van der Waals surface area contributed by atoms with Gasteiger partial charge in [0.15, 0.2) is 9.84 Å². The summed E-state index contributed by atoms with van der Waals surface area (Å²) in [5.74, 6) is 0.231. The molecule has 4 heteroatoms. The van der Waals surface area contributed by atoms with Crippen molar-refractivity contribution in [2.24, 2.45) is 0 Å². The average molecular weight is 261 g/mol. The number of halogens is 1. The van der Waals surface area contributed by atoms with Gasteiger partial charge in [-0.05, 0) is 30.7 Å². The molecule has 2 nitrogen and oxygen atoms in total. The van der Waals surface area contributed by atoms with Crippen LogP contribution in [0.25, 0.3) is 0 Å². The van der Waals surface area contributed by atoms with E-state index in [4.69, 9.17) is 11.6 Å². The van der Waals surface area contributed by atoms with Gasteiger partial charge in [0, 0.05) is 5.02 Å². The zero-order valence-corrected chi connectivity index (χ0v) is 11.0. The van der Waals surface area contributed by atoms with Crippen LogP contribution in [-0.2, 0) is 9.84 Å². The quantitative estimate of drug-likeness (QED) is 0.731. The van der Waals surface area contributed by atoms with Gasteiger partial charge in [0.1, 0.15) is 0 Å². The minimum absolute atomic E-state index is 0.231. The molecule has 0 amide bonds. The monoisotopic (exact) mass is 260 g/mol. The van der Waals surface area contributed by atoms with Crippen LogP contribution in [0.4, 0.5) is 0 Å². The summed E-state index contributed by atoms with van der Waals surface area (Å²) in [5, 5.41) is 0.560. The fourth-order valence-corrected chi connectivity index (χ4v) is 2.98. The van der Waals surface area contributed by atoms with Gasteiger partial charge in [-0.1, -0.05) is 37.8 Å². The molecule has 0 N–H and O–H groups in total. The Morgan fingerprint density at radius 2 is 1.69 bits per heavy atom. The fourth-order valence-electron chi connectivity index (χ4n) is 1.48. The standard InChI is InChI=1S/C12H17ClO2S/c1-2-3-4-5-10-16(14,15)12-8-6-11(13)7-9-12/h6-9H,2-5,10H2,1H3. The molecular formula is C12H17ClO2S. The number of rotatable bonds is 6. The minimum atomic E-state index is -3.12. The summed E-state index contributed by atoms with van der Waals surface area (Å²) in [4.78, 5) is 0.369. The average Bonchev–Trinajstić information content (AvgIpc) is 2.25. The van der Waals surface area contributed by atoms with E-state index in [0.29, 0.717) is 9.92 Å². The number of hydrogen-bond acceptors (Lipinski definition) is 2. The normalized spacial score (nSPS) is 11.6. The Labute approximate surface area is 103 Å². The highest BCUT2D eigenvalue weighted by Gasteiger charge is 2.13. The topological polar surface area (TPSA) is 34.1 Å². The predicted octanol–water partition coefficient (Wildman–Crippen LogP) is 3.69. The van der Waals surface area contributed by atoms with Crippen LogP contribution in [-0.4, -0.2) is 14.2 Å². The molecule has 0 bridgehead atoms. The van der Waals surface area contributed by atoms with Crippen molar-refractivity contribution in [3.05, 3.63) is 29.3 Å². The number of hydrogen-bond donors (Lipinski definition) is 0. The number of benzene rings is 1. The summed E-state index contributed by atoms with van der Waals surface area (Å²) in [5.41, 5.74) is 0. The molecule has 0 atom stereocenters. The lowest BCUT2D eigenvalue weighted by atomic mass is 10.2. The van der Waals surface area contributed by atoms with Crippen molar-refractivity contribution in [1.82, 2.24) is 0 Å². The lowest BCUT2D eigenvalue weighted by Gasteiger charge is -2.04. The van der Waals surface area contributed by atoms with Crippen LogP contribution in [0.3, 0.4) is 0 Å². The summed E-state index contributed by atoms with van der Waals surface area (Å²) < 4.78 is 23.7. The Morgan fingerprint density at radius 1 is 1.06 bits per heavy atom. The van der Waals surface area contributed by atoms with Crippen LogP contribution in [0.2, 0.25) is 5.02 Å². The molecule has 0 fully saturated rings. The number of unbranched alkanes of at least 4 members (excludes halogenated alkanes) is 3. The summed E-state index contributed by atoms with van der Waals surface area (Å²) in [7, 11) is -3.12. The van der Waals surface area contributed by atoms with E-state index in [1.165, 1.54) is 0 Å². The Bertz CT molecular complexity index is 409. The Kier molecular flexibility index (Phi) is 5.29. The molecule has 16 heavy (non-hydrogen) atoms. The third kappa shape index (κ3) is 4.14. The molecule has 0 aliphatic carbocycles. The molecule has 0 saturated carbocycles. The summed E-state index contributed by atoms with van der Waals surface area (Å²) >= 11 is 5.71. The highest BCUT2D eigenvalue weighted by molar-refractivity contribution is 7.91. The zero-order valence-electron chi connectivity index (χ0n) is 9.45. The molecule has 1 aromatic carbocycles. The van der Waals surface area contributed by atoms with Crippen molar-refractivity contribution < 1.29 is 8.42 Å². The molecule has 0 aliphatic rings. The predicted molar refractivity (Wildman–Crippen MR) is 67.6 cm³/mol. The van der Waals surface area contributed by atoms with Gasteiger partial charge in [-0.3, -0.25) is 0 Å². The maximum atomic E-state index is 11.9. The van der Waals surface area contributed by atoms with Crippen LogP contribution in [0.5, 0.6) is 0 Å².